The van der Waals surface area contributed by atoms with E-state index in [2.05, 4.69) is 16.6 Å². The van der Waals surface area contributed by atoms with Crippen LogP contribution in [-0.2, 0) is 0 Å². The Morgan fingerprint density at radius 1 is 1.37 bits per heavy atom. The lowest BCUT2D eigenvalue weighted by molar-refractivity contribution is 0.0697. The van der Waals surface area contributed by atoms with Crippen molar-refractivity contribution in [2.45, 2.75) is 25.7 Å². The minimum atomic E-state index is -0.996. The minimum absolute atomic E-state index is 0.155. The van der Waals surface area contributed by atoms with E-state index in [0.29, 0.717) is 5.82 Å². The van der Waals surface area contributed by atoms with Crippen LogP contribution in [0.5, 0.6) is 0 Å². The third kappa shape index (κ3) is 6.68. The van der Waals surface area contributed by atoms with Crippen molar-refractivity contribution in [3.63, 3.8) is 0 Å². The summed E-state index contributed by atoms with van der Waals surface area (Å²) in [5.74, 6) is 0.740. The van der Waals surface area contributed by atoms with E-state index in [1.807, 2.05) is 11.8 Å². The monoisotopic (exact) mass is 302 g/mol. The Balaban J connectivity index is 2.31. The first kappa shape index (κ1) is 16.1. The van der Waals surface area contributed by atoms with Gasteiger partial charge in [-0.15, -0.1) is 0 Å². The molecule has 1 aromatic rings. The lowest BCUT2D eigenvalue weighted by atomic mass is 10.2. The van der Waals surface area contributed by atoms with E-state index in [9.17, 15) is 4.79 Å². The number of unbranched alkanes of at least 4 members (excludes halogenated alkanes) is 3. The number of nitrogens with one attached hydrogen (secondary N) is 1. The molecule has 0 amide bonds. The van der Waals surface area contributed by atoms with Gasteiger partial charge in [0.2, 0.25) is 0 Å². The summed E-state index contributed by atoms with van der Waals surface area (Å²) in [5, 5.41) is 12.2. The molecule has 1 aromatic heterocycles. The van der Waals surface area contributed by atoms with Crippen LogP contribution >= 0.6 is 23.4 Å². The zero-order chi connectivity index (χ0) is 14.1. The predicted octanol–water partition coefficient (Wildman–Crippen LogP) is 3.77. The number of carboxylic acids is 1. The molecular formula is C13H19ClN2O2S. The number of aromatic nitrogens is 1. The highest BCUT2D eigenvalue weighted by Crippen LogP contribution is 2.15. The van der Waals surface area contributed by atoms with Gasteiger partial charge in [-0.1, -0.05) is 24.4 Å². The molecule has 0 bridgehead atoms. The lowest BCUT2D eigenvalue weighted by Gasteiger charge is -2.07. The Labute approximate surface area is 123 Å². The molecule has 4 nitrogen and oxygen atoms in total. The molecule has 0 aliphatic heterocycles. The number of hydrogen-bond donors (Lipinski definition) is 2. The predicted molar refractivity (Wildman–Crippen MR) is 81.5 cm³/mol. The van der Waals surface area contributed by atoms with Gasteiger partial charge in [0.25, 0.3) is 0 Å². The largest absolute Gasteiger partial charge is 0.478 e. The molecule has 0 aliphatic rings. The maximum atomic E-state index is 10.9. The number of aromatic carboxylic acids is 1. The first-order chi connectivity index (χ1) is 9.13. The summed E-state index contributed by atoms with van der Waals surface area (Å²) in [4.78, 5) is 14.9. The van der Waals surface area contributed by atoms with Crippen molar-refractivity contribution in [3.8, 4) is 0 Å². The topological polar surface area (TPSA) is 62.2 Å². The molecule has 0 aliphatic carbocycles. The van der Waals surface area contributed by atoms with Gasteiger partial charge in [0.15, 0.2) is 0 Å². The van der Waals surface area contributed by atoms with Crippen LogP contribution < -0.4 is 5.32 Å². The minimum Gasteiger partial charge on any atom is -0.478 e. The van der Waals surface area contributed by atoms with Crippen molar-refractivity contribution >= 4 is 35.1 Å². The average molecular weight is 303 g/mol. The fourth-order valence-electron chi connectivity index (χ4n) is 1.65. The number of carbonyl (C=O) groups is 1. The maximum Gasteiger partial charge on any atom is 0.335 e. The van der Waals surface area contributed by atoms with E-state index in [4.69, 9.17) is 16.7 Å². The van der Waals surface area contributed by atoms with E-state index in [-0.39, 0.29) is 10.7 Å². The van der Waals surface area contributed by atoms with Gasteiger partial charge in [-0.05, 0) is 37.0 Å². The van der Waals surface area contributed by atoms with Gasteiger partial charge in [0.1, 0.15) is 11.0 Å². The van der Waals surface area contributed by atoms with Gasteiger partial charge >= 0.3 is 5.97 Å². The van der Waals surface area contributed by atoms with E-state index in [1.165, 1.54) is 37.1 Å². The molecule has 0 aromatic carbocycles. The van der Waals surface area contributed by atoms with E-state index in [1.54, 1.807) is 0 Å². The van der Waals surface area contributed by atoms with Crippen LogP contribution in [0, 0.1) is 0 Å². The third-order valence-electron chi connectivity index (χ3n) is 2.62. The van der Waals surface area contributed by atoms with Crippen LogP contribution in [-0.4, -0.2) is 34.6 Å². The number of thioether (sulfide) groups is 1. The quantitative estimate of drug-likeness (QED) is 0.537. The molecule has 0 fully saturated rings. The van der Waals surface area contributed by atoms with Crippen molar-refractivity contribution in [2.75, 3.05) is 23.9 Å². The van der Waals surface area contributed by atoms with Crippen molar-refractivity contribution in [1.29, 1.82) is 0 Å². The standard InChI is InChI=1S/C13H19ClN2O2S/c1-19-7-5-3-2-4-6-15-12-9-10(13(17)18)8-11(14)16-12/h8-9H,2-7H2,1H3,(H,15,16)(H,17,18). The van der Waals surface area contributed by atoms with Crippen LogP contribution in [0.2, 0.25) is 5.15 Å². The molecule has 1 heterocycles. The Kier molecular flexibility index (Phi) is 7.67. The molecule has 106 valence electrons. The van der Waals surface area contributed by atoms with Crippen LogP contribution in [0.15, 0.2) is 12.1 Å². The second kappa shape index (κ2) is 9.04. The van der Waals surface area contributed by atoms with Crippen LogP contribution in [0.25, 0.3) is 0 Å². The van der Waals surface area contributed by atoms with Crippen LogP contribution in [0.4, 0.5) is 5.82 Å². The molecule has 19 heavy (non-hydrogen) atoms. The number of hydrogen-bond acceptors (Lipinski definition) is 4. The highest BCUT2D eigenvalue weighted by atomic mass is 35.5. The number of carboxylic acid groups (broad SMARTS) is 1. The smallest absolute Gasteiger partial charge is 0.335 e. The zero-order valence-electron chi connectivity index (χ0n) is 11.0. The van der Waals surface area contributed by atoms with Gasteiger partial charge in [0, 0.05) is 6.54 Å². The summed E-state index contributed by atoms with van der Waals surface area (Å²) in [7, 11) is 0. The Hall–Kier alpha value is -0.940. The highest BCUT2D eigenvalue weighted by molar-refractivity contribution is 7.98. The number of rotatable bonds is 9. The maximum absolute atomic E-state index is 10.9. The van der Waals surface area contributed by atoms with Crippen molar-refractivity contribution < 1.29 is 9.90 Å². The fourth-order valence-corrected chi connectivity index (χ4v) is 2.35. The zero-order valence-corrected chi connectivity index (χ0v) is 12.6. The van der Waals surface area contributed by atoms with Crippen molar-refractivity contribution in [3.05, 3.63) is 22.8 Å². The number of anilines is 1. The highest BCUT2D eigenvalue weighted by Gasteiger charge is 2.06. The summed E-state index contributed by atoms with van der Waals surface area (Å²) in [6.45, 7) is 0.783. The van der Waals surface area contributed by atoms with Crippen LogP contribution in [0.3, 0.4) is 0 Å². The molecule has 0 saturated heterocycles. The molecule has 2 N–H and O–H groups in total. The number of pyridine rings is 1. The third-order valence-corrected chi connectivity index (χ3v) is 3.51. The molecule has 0 unspecified atom stereocenters. The van der Waals surface area contributed by atoms with Gasteiger partial charge in [0.05, 0.1) is 5.56 Å². The Morgan fingerprint density at radius 2 is 2.11 bits per heavy atom. The van der Waals surface area contributed by atoms with Crippen molar-refractivity contribution in [2.24, 2.45) is 0 Å². The first-order valence-electron chi connectivity index (χ1n) is 6.27. The summed E-state index contributed by atoms with van der Waals surface area (Å²) in [5.41, 5.74) is 0.155. The molecule has 1 rings (SSSR count). The molecule has 0 atom stereocenters. The van der Waals surface area contributed by atoms with Gasteiger partial charge < -0.3 is 10.4 Å². The first-order valence-corrected chi connectivity index (χ1v) is 8.04. The normalized spacial score (nSPS) is 10.4. The number of halogens is 1. The molecule has 0 spiro atoms. The molecule has 0 saturated carbocycles. The van der Waals surface area contributed by atoms with E-state index < -0.39 is 5.97 Å². The summed E-state index contributed by atoms with van der Waals surface area (Å²) in [6.07, 6.45) is 6.81. The number of nitrogens with zero attached hydrogens (tertiary/aromatic N) is 1. The van der Waals surface area contributed by atoms with Gasteiger partial charge in [-0.3, -0.25) is 0 Å². The van der Waals surface area contributed by atoms with E-state index >= 15 is 0 Å². The Morgan fingerprint density at radius 3 is 2.79 bits per heavy atom. The average Bonchev–Trinajstić information content (AvgIpc) is 2.37. The fraction of sp³-hybridized carbons (Fsp3) is 0.538. The van der Waals surface area contributed by atoms with Crippen molar-refractivity contribution in [1.82, 2.24) is 4.98 Å². The summed E-state index contributed by atoms with van der Waals surface area (Å²) in [6, 6.07) is 2.85. The Bertz CT molecular complexity index is 416. The SMILES string of the molecule is CSCCCCCCNc1cc(C(=O)O)cc(Cl)n1. The summed E-state index contributed by atoms with van der Waals surface area (Å²) >= 11 is 7.65. The second-order valence-electron chi connectivity index (χ2n) is 4.20. The van der Waals surface area contributed by atoms with E-state index in [0.717, 1.165) is 13.0 Å². The molecule has 0 radical (unpaired) electrons. The summed E-state index contributed by atoms with van der Waals surface area (Å²) < 4.78 is 0. The molecular weight excluding hydrogens is 284 g/mol. The lowest BCUT2D eigenvalue weighted by Crippen LogP contribution is -2.06. The van der Waals surface area contributed by atoms with Gasteiger partial charge in [-0.25, -0.2) is 9.78 Å². The second-order valence-corrected chi connectivity index (χ2v) is 5.58. The van der Waals surface area contributed by atoms with Gasteiger partial charge in [-0.2, -0.15) is 11.8 Å². The molecule has 6 heteroatoms. The van der Waals surface area contributed by atoms with Crippen LogP contribution in [0.1, 0.15) is 36.0 Å².